The summed E-state index contributed by atoms with van der Waals surface area (Å²) in [7, 11) is 2.17. The molecule has 1 fully saturated rings. The summed E-state index contributed by atoms with van der Waals surface area (Å²) in [5.41, 5.74) is 8.60. The molecule has 0 atom stereocenters. The maximum Gasteiger partial charge on any atom is 0.0647 e. The van der Waals surface area contributed by atoms with Crippen molar-refractivity contribution >= 4 is 22.5 Å². The van der Waals surface area contributed by atoms with Crippen molar-refractivity contribution in [1.29, 1.82) is 0 Å². The van der Waals surface area contributed by atoms with Crippen LogP contribution in [0.25, 0.3) is 10.9 Å². The van der Waals surface area contributed by atoms with Crippen molar-refractivity contribution in [2.24, 2.45) is 5.73 Å². The first-order valence-corrected chi connectivity index (χ1v) is 7.19. The fourth-order valence-corrected chi connectivity index (χ4v) is 3.42. The Bertz CT molecular complexity index is 582. The Hall–Kier alpha value is -1.03. The number of halogens is 1. The summed E-state index contributed by atoms with van der Waals surface area (Å²) in [6.07, 6.45) is 4.33. The summed E-state index contributed by atoms with van der Waals surface area (Å²) >= 11 is 6.25. The van der Waals surface area contributed by atoms with Crippen LogP contribution in [0.5, 0.6) is 0 Å². The van der Waals surface area contributed by atoms with E-state index in [0.717, 1.165) is 36.5 Å². The minimum Gasteiger partial charge on any atom is -0.360 e. The molecule has 0 bridgehead atoms. The molecule has 1 aliphatic rings. The highest BCUT2D eigenvalue weighted by atomic mass is 35.5. The molecule has 4 heteroatoms. The van der Waals surface area contributed by atoms with Crippen molar-refractivity contribution in [3.8, 4) is 0 Å². The van der Waals surface area contributed by atoms with Crippen LogP contribution in [0.1, 0.15) is 18.4 Å². The van der Waals surface area contributed by atoms with Gasteiger partial charge in [0.05, 0.1) is 10.5 Å². The largest absolute Gasteiger partial charge is 0.360 e. The Kier molecular flexibility index (Phi) is 3.29. The highest BCUT2D eigenvalue weighted by Crippen LogP contribution is 2.39. The zero-order chi connectivity index (χ0) is 13.5. The van der Waals surface area contributed by atoms with Gasteiger partial charge in [-0.25, -0.2) is 0 Å². The van der Waals surface area contributed by atoms with Gasteiger partial charge in [0.1, 0.15) is 0 Å². The third-order valence-electron chi connectivity index (χ3n) is 4.57. The third-order valence-corrected chi connectivity index (χ3v) is 4.89. The van der Waals surface area contributed by atoms with Gasteiger partial charge in [0.25, 0.3) is 0 Å². The first-order valence-electron chi connectivity index (χ1n) is 6.81. The Morgan fingerprint density at radius 2 is 2.11 bits per heavy atom. The van der Waals surface area contributed by atoms with Crippen LogP contribution in [-0.2, 0) is 5.41 Å². The van der Waals surface area contributed by atoms with E-state index < -0.39 is 0 Å². The van der Waals surface area contributed by atoms with Crippen molar-refractivity contribution in [1.82, 2.24) is 9.88 Å². The zero-order valence-electron chi connectivity index (χ0n) is 11.2. The molecule has 1 aromatic carbocycles. The highest BCUT2D eigenvalue weighted by Gasteiger charge is 2.36. The standard InChI is InChI=1S/C15H20ClN3/c1-19-7-5-15(10-17,6-8-19)12-9-18-14-11(12)3-2-4-13(14)16/h2-4,9,18H,5-8,10,17H2,1H3. The summed E-state index contributed by atoms with van der Waals surface area (Å²) in [6, 6.07) is 6.08. The lowest BCUT2D eigenvalue weighted by Gasteiger charge is -2.40. The van der Waals surface area contributed by atoms with Crippen molar-refractivity contribution in [2.45, 2.75) is 18.3 Å². The molecule has 0 aliphatic carbocycles. The molecule has 1 aliphatic heterocycles. The van der Waals surface area contributed by atoms with E-state index in [9.17, 15) is 0 Å². The number of hydrogen-bond donors (Lipinski definition) is 2. The lowest BCUT2D eigenvalue weighted by Crippen LogP contribution is -2.45. The number of nitrogens with zero attached hydrogens (tertiary/aromatic N) is 1. The van der Waals surface area contributed by atoms with E-state index >= 15 is 0 Å². The molecular formula is C15H20ClN3. The first kappa shape index (κ1) is 13.0. The number of piperidine rings is 1. The van der Waals surface area contributed by atoms with Crippen molar-refractivity contribution in [3.05, 3.63) is 35.0 Å². The van der Waals surface area contributed by atoms with Gasteiger partial charge in [-0.1, -0.05) is 23.7 Å². The Balaban J connectivity index is 2.09. The second kappa shape index (κ2) is 4.82. The van der Waals surface area contributed by atoms with Crippen LogP contribution in [0.2, 0.25) is 5.02 Å². The van der Waals surface area contributed by atoms with E-state index in [-0.39, 0.29) is 5.41 Å². The topological polar surface area (TPSA) is 45.0 Å². The van der Waals surface area contributed by atoms with Gasteiger partial charge in [-0.15, -0.1) is 0 Å². The highest BCUT2D eigenvalue weighted by molar-refractivity contribution is 6.35. The number of hydrogen-bond acceptors (Lipinski definition) is 2. The lowest BCUT2D eigenvalue weighted by atomic mass is 9.73. The molecule has 2 aromatic rings. The van der Waals surface area contributed by atoms with Crippen LogP contribution in [0, 0.1) is 0 Å². The van der Waals surface area contributed by atoms with Gasteiger partial charge in [0, 0.05) is 23.5 Å². The smallest absolute Gasteiger partial charge is 0.0647 e. The van der Waals surface area contributed by atoms with E-state index in [1.807, 2.05) is 12.1 Å². The molecule has 3 rings (SSSR count). The molecular weight excluding hydrogens is 258 g/mol. The van der Waals surface area contributed by atoms with Gasteiger partial charge in [-0.3, -0.25) is 0 Å². The summed E-state index contributed by atoms with van der Waals surface area (Å²) < 4.78 is 0. The molecule has 2 heterocycles. The second-order valence-corrected chi connectivity index (χ2v) is 6.06. The van der Waals surface area contributed by atoms with Gasteiger partial charge in [-0.2, -0.15) is 0 Å². The van der Waals surface area contributed by atoms with E-state index in [4.69, 9.17) is 17.3 Å². The van der Waals surface area contributed by atoms with Crippen molar-refractivity contribution in [2.75, 3.05) is 26.7 Å². The van der Waals surface area contributed by atoms with E-state index in [0.29, 0.717) is 6.54 Å². The number of rotatable bonds is 2. The number of benzene rings is 1. The molecule has 102 valence electrons. The summed E-state index contributed by atoms with van der Waals surface area (Å²) in [5.74, 6) is 0. The number of para-hydroxylation sites is 1. The number of H-pyrrole nitrogens is 1. The molecule has 3 N–H and O–H groups in total. The predicted molar refractivity (Wildman–Crippen MR) is 80.8 cm³/mol. The molecule has 0 spiro atoms. The van der Waals surface area contributed by atoms with Crippen LogP contribution in [0.4, 0.5) is 0 Å². The number of fused-ring (bicyclic) bond motifs is 1. The first-order chi connectivity index (χ1) is 9.16. The van der Waals surface area contributed by atoms with Crippen LogP contribution in [-0.4, -0.2) is 36.6 Å². The Morgan fingerprint density at radius 3 is 2.79 bits per heavy atom. The van der Waals surface area contributed by atoms with Crippen molar-refractivity contribution in [3.63, 3.8) is 0 Å². The van der Waals surface area contributed by atoms with Gasteiger partial charge in [-0.05, 0) is 44.6 Å². The summed E-state index contributed by atoms with van der Waals surface area (Å²) in [5, 5.41) is 2.01. The minimum atomic E-state index is 0.0927. The number of likely N-dealkylation sites (tertiary alicyclic amines) is 1. The number of nitrogens with one attached hydrogen (secondary N) is 1. The molecule has 1 aromatic heterocycles. The average molecular weight is 278 g/mol. The van der Waals surface area contributed by atoms with E-state index in [2.05, 4.69) is 29.2 Å². The monoisotopic (exact) mass is 277 g/mol. The SMILES string of the molecule is CN1CCC(CN)(c2c[nH]c3c(Cl)cccc23)CC1. The Morgan fingerprint density at radius 1 is 1.37 bits per heavy atom. The molecule has 1 saturated heterocycles. The summed E-state index contributed by atoms with van der Waals surface area (Å²) in [4.78, 5) is 5.69. The lowest BCUT2D eigenvalue weighted by molar-refractivity contribution is 0.193. The van der Waals surface area contributed by atoms with Gasteiger partial charge in [0.2, 0.25) is 0 Å². The van der Waals surface area contributed by atoms with E-state index in [1.54, 1.807) is 0 Å². The van der Waals surface area contributed by atoms with Crippen molar-refractivity contribution < 1.29 is 0 Å². The third kappa shape index (κ3) is 2.06. The maximum absolute atomic E-state index is 6.25. The number of nitrogens with two attached hydrogens (primary N) is 1. The predicted octanol–water partition coefficient (Wildman–Crippen LogP) is 2.74. The number of aromatic nitrogens is 1. The second-order valence-electron chi connectivity index (χ2n) is 5.65. The average Bonchev–Trinajstić information content (AvgIpc) is 2.86. The molecule has 0 saturated carbocycles. The molecule has 0 unspecified atom stereocenters. The minimum absolute atomic E-state index is 0.0927. The Labute approximate surface area is 118 Å². The fraction of sp³-hybridized carbons (Fsp3) is 0.467. The molecule has 19 heavy (non-hydrogen) atoms. The summed E-state index contributed by atoms with van der Waals surface area (Å²) in [6.45, 7) is 2.90. The quantitative estimate of drug-likeness (QED) is 0.887. The van der Waals surface area contributed by atoms with Crippen LogP contribution < -0.4 is 5.73 Å². The van der Waals surface area contributed by atoms with Gasteiger partial charge >= 0.3 is 0 Å². The molecule has 0 radical (unpaired) electrons. The van der Waals surface area contributed by atoms with E-state index in [1.165, 1.54) is 10.9 Å². The maximum atomic E-state index is 6.25. The van der Waals surface area contributed by atoms with Crippen LogP contribution in [0.15, 0.2) is 24.4 Å². The molecule has 0 amide bonds. The van der Waals surface area contributed by atoms with Crippen LogP contribution >= 0.6 is 11.6 Å². The zero-order valence-corrected chi connectivity index (χ0v) is 12.0. The fourth-order valence-electron chi connectivity index (χ4n) is 3.19. The normalized spacial score (nSPS) is 19.9. The number of aromatic amines is 1. The molecule has 3 nitrogen and oxygen atoms in total. The van der Waals surface area contributed by atoms with Crippen LogP contribution in [0.3, 0.4) is 0 Å². The van der Waals surface area contributed by atoms with Gasteiger partial charge in [0.15, 0.2) is 0 Å². The van der Waals surface area contributed by atoms with Gasteiger partial charge < -0.3 is 15.6 Å².